The molecule has 37 heavy (non-hydrogen) atoms. The highest BCUT2D eigenvalue weighted by Gasteiger charge is 2.25. The number of hydrogen-bond acceptors (Lipinski definition) is 7. The number of Topliss-reactive ketones (excluding diaryl/α,β-unsaturated/α-hetero) is 1. The molecule has 0 aliphatic carbocycles. The standard InChI is InChI=1S/C27H28N4O4S2/c1-17(2)37(34,35)31-15-24(18(3)19(31)4)27(33)29-14-23(32)13-26-30-25(16-36-26)22-7-5-6-21(12-22)20-8-10-28-11-9-20/h5-12,15-17H,13-14H2,1-4H3,(H,29,33). The highest BCUT2D eigenvalue weighted by Crippen LogP contribution is 2.27. The molecule has 0 spiro atoms. The van der Waals surface area contributed by atoms with Crippen molar-refractivity contribution in [3.8, 4) is 22.4 Å². The third kappa shape index (κ3) is 5.70. The third-order valence-corrected chi connectivity index (χ3v) is 9.12. The summed E-state index contributed by atoms with van der Waals surface area (Å²) in [6, 6.07) is 11.9. The number of pyridine rings is 1. The van der Waals surface area contributed by atoms with Crippen LogP contribution in [0.4, 0.5) is 0 Å². The Labute approximate surface area is 220 Å². The van der Waals surface area contributed by atoms with E-state index in [9.17, 15) is 18.0 Å². The summed E-state index contributed by atoms with van der Waals surface area (Å²) in [5, 5.41) is 4.56. The molecular formula is C27H28N4O4S2. The number of ketones is 1. The van der Waals surface area contributed by atoms with Gasteiger partial charge in [0.15, 0.2) is 5.78 Å². The molecule has 192 valence electrons. The fourth-order valence-corrected chi connectivity index (χ4v) is 5.88. The van der Waals surface area contributed by atoms with Crippen LogP contribution in [0.25, 0.3) is 22.4 Å². The molecule has 0 aliphatic heterocycles. The van der Waals surface area contributed by atoms with Crippen molar-refractivity contribution in [2.75, 3.05) is 6.54 Å². The number of benzene rings is 1. The van der Waals surface area contributed by atoms with E-state index in [2.05, 4.69) is 15.3 Å². The average Bonchev–Trinajstić information content (AvgIpc) is 3.47. The quantitative estimate of drug-likeness (QED) is 0.339. The molecule has 0 bridgehead atoms. The number of carbonyl (C=O) groups is 2. The largest absolute Gasteiger partial charge is 0.345 e. The number of nitrogens with one attached hydrogen (secondary N) is 1. The molecule has 1 aromatic carbocycles. The number of carbonyl (C=O) groups excluding carboxylic acids is 2. The van der Waals surface area contributed by atoms with E-state index in [1.807, 2.05) is 41.8 Å². The van der Waals surface area contributed by atoms with Crippen molar-refractivity contribution in [3.63, 3.8) is 0 Å². The second-order valence-corrected chi connectivity index (χ2v) is 12.3. The molecular weight excluding hydrogens is 508 g/mol. The first-order chi connectivity index (χ1) is 17.6. The number of hydrogen-bond donors (Lipinski definition) is 1. The topological polar surface area (TPSA) is 111 Å². The second kappa shape index (κ2) is 10.8. The van der Waals surface area contributed by atoms with Crippen molar-refractivity contribution in [2.45, 2.75) is 39.4 Å². The number of rotatable bonds is 9. The third-order valence-electron chi connectivity index (χ3n) is 6.16. The molecule has 0 aliphatic rings. The van der Waals surface area contributed by atoms with Crippen LogP contribution in [-0.4, -0.2) is 45.8 Å². The summed E-state index contributed by atoms with van der Waals surface area (Å²) >= 11 is 1.39. The van der Waals surface area contributed by atoms with Crippen LogP contribution in [0.5, 0.6) is 0 Å². The maximum Gasteiger partial charge on any atom is 0.253 e. The van der Waals surface area contributed by atoms with Crippen LogP contribution in [0.1, 0.15) is 40.5 Å². The van der Waals surface area contributed by atoms with E-state index in [0.29, 0.717) is 16.3 Å². The maximum absolute atomic E-state index is 12.7. The average molecular weight is 537 g/mol. The van der Waals surface area contributed by atoms with Crippen LogP contribution in [0.3, 0.4) is 0 Å². The van der Waals surface area contributed by atoms with Gasteiger partial charge in [0.25, 0.3) is 5.91 Å². The van der Waals surface area contributed by atoms with Gasteiger partial charge in [0.1, 0.15) is 5.01 Å². The van der Waals surface area contributed by atoms with Crippen LogP contribution in [0.2, 0.25) is 0 Å². The van der Waals surface area contributed by atoms with Gasteiger partial charge in [0.05, 0.1) is 29.5 Å². The minimum Gasteiger partial charge on any atom is -0.345 e. The lowest BCUT2D eigenvalue weighted by Gasteiger charge is -2.10. The molecule has 4 rings (SSSR count). The van der Waals surface area contributed by atoms with E-state index in [-0.39, 0.29) is 24.3 Å². The molecule has 10 heteroatoms. The van der Waals surface area contributed by atoms with E-state index in [0.717, 1.165) is 26.4 Å². The van der Waals surface area contributed by atoms with Gasteiger partial charge in [-0.15, -0.1) is 11.3 Å². The summed E-state index contributed by atoms with van der Waals surface area (Å²) in [5.74, 6) is -0.678. The van der Waals surface area contributed by atoms with Crippen molar-refractivity contribution < 1.29 is 18.0 Å². The minimum atomic E-state index is -3.59. The van der Waals surface area contributed by atoms with Crippen molar-refractivity contribution >= 4 is 33.1 Å². The number of nitrogens with zero attached hydrogens (tertiary/aromatic N) is 3. The van der Waals surface area contributed by atoms with E-state index in [1.54, 1.807) is 40.1 Å². The predicted molar refractivity (Wildman–Crippen MR) is 145 cm³/mol. The zero-order chi connectivity index (χ0) is 26.7. The Hall–Kier alpha value is -3.63. The molecule has 0 saturated heterocycles. The van der Waals surface area contributed by atoms with Gasteiger partial charge in [-0.25, -0.2) is 17.4 Å². The SMILES string of the molecule is Cc1c(C(=O)NCC(=O)Cc2nc(-c3cccc(-c4ccncc4)c3)cs2)cn(S(=O)(=O)C(C)C)c1C. The summed E-state index contributed by atoms with van der Waals surface area (Å²) in [5.41, 5.74) is 5.12. The highest BCUT2D eigenvalue weighted by molar-refractivity contribution is 7.90. The zero-order valence-electron chi connectivity index (χ0n) is 21.1. The predicted octanol–water partition coefficient (Wildman–Crippen LogP) is 4.42. The van der Waals surface area contributed by atoms with Gasteiger partial charge in [-0.1, -0.05) is 18.2 Å². The van der Waals surface area contributed by atoms with Crippen LogP contribution < -0.4 is 5.32 Å². The first kappa shape index (κ1) is 26.4. The monoisotopic (exact) mass is 536 g/mol. The van der Waals surface area contributed by atoms with Crippen LogP contribution in [0, 0.1) is 13.8 Å². The smallest absolute Gasteiger partial charge is 0.253 e. The van der Waals surface area contributed by atoms with Gasteiger partial charge >= 0.3 is 0 Å². The Morgan fingerprint density at radius 2 is 1.76 bits per heavy atom. The highest BCUT2D eigenvalue weighted by atomic mass is 32.2. The molecule has 0 radical (unpaired) electrons. The first-order valence-corrected chi connectivity index (χ1v) is 14.1. The van der Waals surface area contributed by atoms with Crippen molar-refractivity contribution in [3.05, 3.63) is 82.2 Å². The van der Waals surface area contributed by atoms with Crippen LogP contribution >= 0.6 is 11.3 Å². The summed E-state index contributed by atoms with van der Waals surface area (Å²) in [7, 11) is -3.59. The zero-order valence-corrected chi connectivity index (χ0v) is 22.7. The Balaban J connectivity index is 1.40. The number of aromatic nitrogens is 3. The molecule has 1 amide bonds. The number of amides is 1. The van der Waals surface area contributed by atoms with Gasteiger partial charge < -0.3 is 5.32 Å². The lowest BCUT2D eigenvalue weighted by Crippen LogP contribution is -2.30. The molecule has 0 fully saturated rings. The normalized spacial score (nSPS) is 11.6. The second-order valence-electron chi connectivity index (χ2n) is 8.98. The van der Waals surface area contributed by atoms with Crippen molar-refractivity contribution in [1.82, 2.24) is 19.3 Å². The van der Waals surface area contributed by atoms with Gasteiger partial charge in [-0.3, -0.25) is 14.6 Å². The number of thiazole rings is 1. The fourth-order valence-electron chi connectivity index (χ4n) is 3.82. The lowest BCUT2D eigenvalue weighted by molar-refractivity contribution is -0.117. The van der Waals surface area contributed by atoms with E-state index >= 15 is 0 Å². The van der Waals surface area contributed by atoms with Crippen LogP contribution in [-0.2, 0) is 21.2 Å². The molecule has 0 unspecified atom stereocenters. The molecule has 8 nitrogen and oxygen atoms in total. The van der Waals surface area contributed by atoms with Crippen molar-refractivity contribution in [1.29, 1.82) is 0 Å². The Kier molecular flexibility index (Phi) is 7.70. The minimum absolute atomic E-state index is 0.0930. The molecule has 0 atom stereocenters. The van der Waals surface area contributed by atoms with E-state index in [4.69, 9.17) is 0 Å². The molecule has 0 saturated carbocycles. The molecule has 3 heterocycles. The van der Waals surface area contributed by atoms with Gasteiger partial charge in [0, 0.05) is 35.2 Å². The molecule has 4 aromatic rings. The lowest BCUT2D eigenvalue weighted by atomic mass is 10.0. The molecule has 1 N–H and O–H groups in total. The molecule has 3 aromatic heterocycles. The summed E-state index contributed by atoms with van der Waals surface area (Å²) in [6.45, 7) is 6.35. The first-order valence-electron chi connectivity index (χ1n) is 11.8. The van der Waals surface area contributed by atoms with Crippen molar-refractivity contribution in [2.24, 2.45) is 0 Å². The Morgan fingerprint density at radius 3 is 2.46 bits per heavy atom. The van der Waals surface area contributed by atoms with E-state index < -0.39 is 21.2 Å². The van der Waals surface area contributed by atoms with Gasteiger partial charge in [-0.05, 0) is 62.6 Å². The van der Waals surface area contributed by atoms with Gasteiger partial charge in [0.2, 0.25) is 10.0 Å². The van der Waals surface area contributed by atoms with Gasteiger partial charge in [-0.2, -0.15) is 0 Å². The maximum atomic E-state index is 12.7. The van der Waals surface area contributed by atoms with Crippen LogP contribution in [0.15, 0.2) is 60.4 Å². The Morgan fingerprint density at radius 1 is 1.05 bits per heavy atom. The fraction of sp³-hybridized carbons (Fsp3) is 0.259. The summed E-state index contributed by atoms with van der Waals surface area (Å²) in [6.07, 6.45) is 4.92. The Bertz CT molecular complexity index is 1550. The summed E-state index contributed by atoms with van der Waals surface area (Å²) < 4.78 is 26.3. The van der Waals surface area contributed by atoms with E-state index in [1.165, 1.54) is 17.5 Å². The summed E-state index contributed by atoms with van der Waals surface area (Å²) in [4.78, 5) is 34.0.